The second-order valence-corrected chi connectivity index (χ2v) is 13.2. The van der Waals surface area contributed by atoms with Gasteiger partial charge in [-0.3, -0.25) is 0 Å². The summed E-state index contributed by atoms with van der Waals surface area (Å²) in [5.41, 5.74) is -0.676. The molecule has 0 amide bonds. The predicted octanol–water partition coefficient (Wildman–Crippen LogP) is 9.50. The third-order valence-electron chi connectivity index (χ3n) is 8.71. The van der Waals surface area contributed by atoms with E-state index < -0.39 is 23.5 Å². The van der Waals surface area contributed by atoms with Crippen LogP contribution in [0.15, 0.2) is 92.0 Å². The molecule has 0 radical (unpaired) electrons. The molecule has 0 spiro atoms. The Morgan fingerprint density at radius 3 is 1.23 bits per heavy atom. The molecule has 0 aliphatic heterocycles. The third kappa shape index (κ3) is 18.5. The van der Waals surface area contributed by atoms with Gasteiger partial charge in [-0.05, 0) is 92.4 Å². The number of unbranched alkanes of at least 4 members (excludes halogenated alkanes) is 12. The average molecular weight is 787 g/mol. The Hall–Kier alpha value is -5.91. The normalized spacial score (nSPS) is 10.5. The van der Waals surface area contributed by atoms with Crippen molar-refractivity contribution >= 4 is 29.8 Å². The molecule has 0 heterocycles. The van der Waals surface area contributed by atoms with Crippen LogP contribution in [0.1, 0.15) is 121 Å². The Kier molecular flexibility index (Phi) is 21.4. The fourth-order valence-corrected chi connectivity index (χ4v) is 5.58. The monoisotopic (exact) mass is 786 g/mol. The van der Waals surface area contributed by atoms with E-state index in [0.717, 1.165) is 96.0 Å². The SMILES string of the molecule is C=CC(=O)OCCCCCCCCCOc1ccc(OC(=O)c2ccc(C(=O)Oc3ccc(OCCCCCCCCCOC(=O)C=C)cc3)c(C(=O)O)c2)cc1. The number of ether oxygens (including phenoxy) is 6. The second-order valence-electron chi connectivity index (χ2n) is 13.2. The van der Waals surface area contributed by atoms with Gasteiger partial charge in [0.15, 0.2) is 0 Å². The Morgan fingerprint density at radius 1 is 0.456 bits per heavy atom. The van der Waals surface area contributed by atoms with E-state index in [1.807, 2.05) is 0 Å². The van der Waals surface area contributed by atoms with Gasteiger partial charge in [0.25, 0.3) is 0 Å². The summed E-state index contributed by atoms with van der Waals surface area (Å²) in [5, 5.41) is 9.83. The van der Waals surface area contributed by atoms with E-state index in [4.69, 9.17) is 28.4 Å². The van der Waals surface area contributed by atoms with E-state index in [1.165, 1.54) is 24.3 Å². The van der Waals surface area contributed by atoms with Gasteiger partial charge in [0.2, 0.25) is 0 Å². The van der Waals surface area contributed by atoms with Crippen LogP contribution in [0.4, 0.5) is 0 Å². The van der Waals surface area contributed by atoms with Gasteiger partial charge in [0, 0.05) is 12.2 Å². The molecule has 1 N–H and O–H groups in total. The number of hydrogen-bond acceptors (Lipinski definition) is 11. The lowest BCUT2D eigenvalue weighted by molar-refractivity contribution is -0.138. The Morgan fingerprint density at radius 2 is 0.825 bits per heavy atom. The molecule has 12 nitrogen and oxygen atoms in total. The van der Waals surface area contributed by atoms with E-state index in [-0.39, 0.29) is 34.6 Å². The van der Waals surface area contributed by atoms with Gasteiger partial charge >= 0.3 is 29.8 Å². The van der Waals surface area contributed by atoms with Gasteiger partial charge in [0.05, 0.1) is 43.1 Å². The molecule has 0 aliphatic rings. The van der Waals surface area contributed by atoms with Crippen molar-refractivity contribution in [2.45, 2.75) is 89.9 Å². The average Bonchev–Trinajstić information content (AvgIpc) is 3.22. The van der Waals surface area contributed by atoms with Crippen molar-refractivity contribution in [2.75, 3.05) is 26.4 Å². The molecule has 3 aromatic carbocycles. The third-order valence-corrected chi connectivity index (χ3v) is 8.71. The standard InChI is InChI=1S/C45H54O12/c1-3-41(46)54-31-17-13-9-5-7-11-15-29-52-35-20-24-37(25-21-35)56-44(50)34-19-28-39(40(33-34)43(48)49)45(51)57-38-26-22-36(23-27-38)53-30-16-12-8-6-10-14-18-32-55-42(47)4-2/h3-4,19-28,33H,1-2,5-18,29-32H2,(H,48,49). The lowest BCUT2D eigenvalue weighted by Crippen LogP contribution is -2.16. The summed E-state index contributed by atoms with van der Waals surface area (Å²) in [4.78, 5) is 60.0. The van der Waals surface area contributed by atoms with E-state index in [0.29, 0.717) is 37.9 Å². The highest BCUT2D eigenvalue weighted by atomic mass is 16.5. The summed E-state index contributed by atoms with van der Waals surface area (Å²) in [7, 11) is 0. The molecule has 12 heteroatoms. The largest absolute Gasteiger partial charge is 0.494 e. The summed E-state index contributed by atoms with van der Waals surface area (Å²) in [6, 6.07) is 16.6. The van der Waals surface area contributed by atoms with Gasteiger partial charge in [-0.2, -0.15) is 0 Å². The van der Waals surface area contributed by atoms with Crippen molar-refractivity contribution in [3.05, 3.63) is 109 Å². The number of carbonyl (C=O) groups excluding carboxylic acids is 4. The lowest BCUT2D eigenvalue weighted by atomic mass is 10.0. The van der Waals surface area contributed by atoms with Crippen molar-refractivity contribution in [2.24, 2.45) is 0 Å². The minimum atomic E-state index is -1.41. The van der Waals surface area contributed by atoms with Crippen LogP contribution >= 0.6 is 0 Å². The molecule has 57 heavy (non-hydrogen) atoms. The molecule has 0 aromatic heterocycles. The molecule has 0 fully saturated rings. The number of carbonyl (C=O) groups is 5. The maximum atomic E-state index is 13.0. The number of esters is 4. The topological polar surface area (TPSA) is 161 Å². The van der Waals surface area contributed by atoms with Gasteiger partial charge < -0.3 is 33.5 Å². The fourth-order valence-electron chi connectivity index (χ4n) is 5.58. The van der Waals surface area contributed by atoms with Crippen LogP contribution in [0.2, 0.25) is 0 Å². The van der Waals surface area contributed by atoms with E-state index in [2.05, 4.69) is 13.2 Å². The first kappa shape index (κ1) is 45.5. The smallest absolute Gasteiger partial charge is 0.344 e. The van der Waals surface area contributed by atoms with Crippen molar-refractivity contribution in [3.63, 3.8) is 0 Å². The highest BCUT2D eigenvalue weighted by molar-refractivity contribution is 6.05. The van der Waals surface area contributed by atoms with E-state index in [1.54, 1.807) is 48.5 Å². The zero-order valence-electron chi connectivity index (χ0n) is 32.6. The summed E-state index contributed by atoms with van der Waals surface area (Å²) >= 11 is 0. The van der Waals surface area contributed by atoms with Gasteiger partial charge in [-0.1, -0.05) is 77.4 Å². The van der Waals surface area contributed by atoms with Crippen molar-refractivity contribution in [1.29, 1.82) is 0 Å². The zero-order valence-corrected chi connectivity index (χ0v) is 32.6. The van der Waals surface area contributed by atoms with Crippen LogP contribution in [0.25, 0.3) is 0 Å². The highest BCUT2D eigenvalue weighted by Crippen LogP contribution is 2.23. The van der Waals surface area contributed by atoms with Gasteiger partial charge in [0.1, 0.15) is 23.0 Å². The lowest BCUT2D eigenvalue weighted by Gasteiger charge is -2.11. The second kappa shape index (κ2) is 26.8. The van der Waals surface area contributed by atoms with Crippen LogP contribution in [0.5, 0.6) is 23.0 Å². The van der Waals surface area contributed by atoms with Gasteiger partial charge in [-0.15, -0.1) is 0 Å². The number of carboxylic acids is 1. The molecule has 0 bridgehead atoms. The molecule has 306 valence electrons. The molecule has 0 unspecified atom stereocenters. The minimum Gasteiger partial charge on any atom is -0.494 e. The molecule has 0 saturated heterocycles. The first-order valence-electron chi connectivity index (χ1n) is 19.6. The molecule has 3 rings (SSSR count). The van der Waals surface area contributed by atoms with Crippen LogP contribution < -0.4 is 18.9 Å². The zero-order chi connectivity index (χ0) is 41.1. The Labute approximate surface area is 334 Å². The first-order chi connectivity index (χ1) is 27.7. The number of aromatic carboxylic acids is 1. The van der Waals surface area contributed by atoms with Crippen molar-refractivity contribution in [1.82, 2.24) is 0 Å². The first-order valence-corrected chi connectivity index (χ1v) is 19.6. The molecular formula is C45H54O12. The summed E-state index contributed by atoms with van der Waals surface area (Å²) in [6.45, 7) is 8.67. The van der Waals surface area contributed by atoms with E-state index >= 15 is 0 Å². The Balaban J connectivity index is 1.34. The molecule has 0 aliphatic carbocycles. The fraction of sp³-hybridized carbons (Fsp3) is 0.400. The number of rotatable bonds is 29. The molecule has 0 saturated carbocycles. The van der Waals surface area contributed by atoms with Crippen molar-refractivity contribution < 1.29 is 57.5 Å². The minimum absolute atomic E-state index is 0.0503. The Bertz CT molecular complexity index is 1730. The molecule has 0 atom stereocenters. The van der Waals surface area contributed by atoms with Crippen LogP contribution in [0, 0.1) is 0 Å². The summed E-state index contributed by atoms with van der Waals surface area (Å²) in [6.07, 6.45) is 16.4. The number of hydrogen-bond donors (Lipinski definition) is 1. The van der Waals surface area contributed by atoms with Crippen LogP contribution in [0.3, 0.4) is 0 Å². The molecule has 3 aromatic rings. The molecular weight excluding hydrogens is 732 g/mol. The van der Waals surface area contributed by atoms with Crippen LogP contribution in [-0.4, -0.2) is 61.4 Å². The van der Waals surface area contributed by atoms with Crippen molar-refractivity contribution in [3.8, 4) is 23.0 Å². The predicted molar refractivity (Wildman–Crippen MR) is 214 cm³/mol. The maximum absolute atomic E-state index is 13.0. The van der Waals surface area contributed by atoms with E-state index in [9.17, 15) is 29.1 Å². The number of carboxylic acid groups (broad SMARTS) is 1. The highest BCUT2D eigenvalue weighted by Gasteiger charge is 2.22. The van der Waals surface area contributed by atoms with Gasteiger partial charge in [-0.25, -0.2) is 24.0 Å². The quantitative estimate of drug-likeness (QED) is 0.0308. The summed E-state index contributed by atoms with van der Waals surface area (Å²) < 4.78 is 32.4. The van der Waals surface area contributed by atoms with Crippen LogP contribution in [-0.2, 0) is 19.1 Å². The maximum Gasteiger partial charge on any atom is 0.344 e. The number of benzene rings is 3. The summed E-state index contributed by atoms with van der Waals surface area (Å²) in [5.74, 6) is -2.19.